The molecule has 1 amide bonds. The summed E-state index contributed by atoms with van der Waals surface area (Å²) in [7, 11) is 0. The Morgan fingerprint density at radius 3 is 2.52 bits per heavy atom. The Morgan fingerprint density at radius 2 is 1.78 bits per heavy atom. The van der Waals surface area contributed by atoms with Crippen LogP contribution in [0.3, 0.4) is 0 Å². The number of aromatic nitrogens is 2. The van der Waals surface area contributed by atoms with Gasteiger partial charge in [-0.3, -0.25) is 9.69 Å². The molecule has 3 heterocycles. The minimum atomic E-state index is -0.0353. The van der Waals surface area contributed by atoms with Crippen LogP contribution in [-0.2, 0) is 11.3 Å². The predicted octanol–water partition coefficient (Wildman–Crippen LogP) is 2.93. The smallest absolute Gasteiger partial charge is 0.229 e. The summed E-state index contributed by atoms with van der Waals surface area (Å²) >= 11 is 0. The average molecular weight is 365 g/mol. The highest BCUT2D eigenvalue weighted by molar-refractivity contribution is 5.93. The number of carbonyl (C=O) groups excluding carboxylic acids is 1. The Bertz CT molecular complexity index is 743. The van der Waals surface area contributed by atoms with Crippen LogP contribution < -0.4 is 10.2 Å². The van der Waals surface area contributed by atoms with Crippen LogP contribution in [0.4, 0.5) is 11.6 Å². The normalized spacial score (nSPS) is 20.6. The first-order valence-corrected chi connectivity index (χ1v) is 9.92. The zero-order valence-corrected chi connectivity index (χ0v) is 15.7. The molecule has 142 valence electrons. The molecule has 6 heteroatoms. The minimum Gasteiger partial charge on any atom is -0.340 e. The highest BCUT2D eigenvalue weighted by Crippen LogP contribution is 2.22. The van der Waals surface area contributed by atoms with Crippen molar-refractivity contribution in [2.75, 3.05) is 36.4 Å². The van der Waals surface area contributed by atoms with E-state index in [1.807, 2.05) is 18.2 Å². The molecule has 6 nitrogen and oxygen atoms in total. The molecule has 2 aliphatic rings. The van der Waals surface area contributed by atoms with Gasteiger partial charge in [0.25, 0.3) is 0 Å². The van der Waals surface area contributed by atoms with E-state index in [0.717, 1.165) is 31.6 Å². The number of benzene rings is 1. The minimum absolute atomic E-state index is 0.0353. The molecule has 1 aromatic carbocycles. The van der Waals surface area contributed by atoms with Gasteiger partial charge in [-0.05, 0) is 62.5 Å². The van der Waals surface area contributed by atoms with E-state index in [4.69, 9.17) is 0 Å². The van der Waals surface area contributed by atoms with E-state index in [0.29, 0.717) is 12.5 Å². The van der Waals surface area contributed by atoms with Gasteiger partial charge in [-0.15, -0.1) is 0 Å². The zero-order valence-electron chi connectivity index (χ0n) is 15.7. The Labute approximate surface area is 160 Å². The summed E-state index contributed by atoms with van der Waals surface area (Å²) in [5.74, 6) is 0.760. The van der Waals surface area contributed by atoms with Crippen molar-refractivity contribution in [1.82, 2.24) is 14.9 Å². The first-order valence-electron chi connectivity index (χ1n) is 9.92. The van der Waals surface area contributed by atoms with Crippen molar-refractivity contribution in [2.45, 2.75) is 32.2 Å². The van der Waals surface area contributed by atoms with Crippen molar-refractivity contribution in [1.29, 1.82) is 0 Å². The van der Waals surface area contributed by atoms with Crippen LogP contribution in [0.15, 0.2) is 42.7 Å². The third-order valence-corrected chi connectivity index (χ3v) is 5.45. The van der Waals surface area contributed by atoms with Gasteiger partial charge in [-0.2, -0.15) is 0 Å². The average Bonchev–Trinajstić information content (AvgIpc) is 3.23. The van der Waals surface area contributed by atoms with Crippen LogP contribution in [-0.4, -0.2) is 47.0 Å². The van der Waals surface area contributed by atoms with E-state index >= 15 is 0 Å². The maximum Gasteiger partial charge on any atom is 0.229 e. The van der Waals surface area contributed by atoms with Crippen LogP contribution in [0.5, 0.6) is 0 Å². The molecule has 2 aromatic rings. The van der Waals surface area contributed by atoms with E-state index < -0.39 is 0 Å². The second-order valence-corrected chi connectivity index (χ2v) is 7.50. The van der Waals surface area contributed by atoms with Gasteiger partial charge in [-0.1, -0.05) is 12.1 Å². The van der Waals surface area contributed by atoms with Crippen LogP contribution >= 0.6 is 0 Å². The lowest BCUT2D eigenvalue weighted by atomic mass is 9.97. The zero-order chi connectivity index (χ0) is 18.5. The summed E-state index contributed by atoms with van der Waals surface area (Å²) in [6, 6.07) is 10.1. The predicted molar refractivity (Wildman–Crippen MR) is 107 cm³/mol. The number of rotatable bonds is 5. The maximum atomic E-state index is 12.7. The number of hydrogen-bond acceptors (Lipinski definition) is 5. The summed E-state index contributed by atoms with van der Waals surface area (Å²) in [6.45, 7) is 4.97. The molecule has 2 saturated heterocycles. The van der Waals surface area contributed by atoms with Gasteiger partial charge in [0, 0.05) is 37.7 Å². The molecule has 4 rings (SSSR count). The molecule has 1 aromatic heterocycles. The molecule has 2 aliphatic heterocycles. The van der Waals surface area contributed by atoms with Gasteiger partial charge in [0.1, 0.15) is 0 Å². The third-order valence-electron chi connectivity index (χ3n) is 5.45. The van der Waals surface area contributed by atoms with Gasteiger partial charge < -0.3 is 10.2 Å². The van der Waals surface area contributed by atoms with E-state index in [1.165, 1.54) is 31.5 Å². The molecule has 0 bridgehead atoms. The number of amides is 1. The van der Waals surface area contributed by atoms with Crippen molar-refractivity contribution in [2.24, 2.45) is 5.92 Å². The topological polar surface area (TPSA) is 61.4 Å². The maximum absolute atomic E-state index is 12.7. The number of anilines is 2. The first kappa shape index (κ1) is 17.9. The Morgan fingerprint density at radius 1 is 1.04 bits per heavy atom. The number of likely N-dealkylation sites (tertiary alicyclic amines) is 1. The molecule has 0 radical (unpaired) electrons. The van der Waals surface area contributed by atoms with Crippen molar-refractivity contribution >= 4 is 17.5 Å². The second kappa shape index (κ2) is 8.48. The van der Waals surface area contributed by atoms with E-state index in [9.17, 15) is 4.79 Å². The second-order valence-electron chi connectivity index (χ2n) is 7.50. The Hall–Kier alpha value is -2.47. The number of carbonyl (C=O) groups is 1. The van der Waals surface area contributed by atoms with Crippen molar-refractivity contribution in [3.8, 4) is 0 Å². The Kier molecular flexibility index (Phi) is 5.63. The van der Waals surface area contributed by atoms with E-state index in [1.54, 1.807) is 12.4 Å². The van der Waals surface area contributed by atoms with Crippen LogP contribution in [0.25, 0.3) is 0 Å². The van der Waals surface area contributed by atoms with Crippen LogP contribution in [0.1, 0.15) is 31.2 Å². The quantitative estimate of drug-likeness (QED) is 0.883. The van der Waals surface area contributed by atoms with Gasteiger partial charge in [0.2, 0.25) is 11.9 Å². The van der Waals surface area contributed by atoms with Gasteiger partial charge in [0.05, 0.1) is 5.92 Å². The third kappa shape index (κ3) is 4.63. The fourth-order valence-corrected chi connectivity index (χ4v) is 3.96. The molecular formula is C21H27N5O. The van der Waals surface area contributed by atoms with Crippen LogP contribution in [0, 0.1) is 5.92 Å². The lowest BCUT2D eigenvalue weighted by Gasteiger charge is -2.31. The standard InChI is InChI=1S/C21H27N5O/c27-20(18-5-3-14-26(16-18)21-22-10-4-11-23-21)24-19-8-6-17(7-9-19)15-25-12-1-2-13-25/h4,6-11,18H,1-3,5,12-16H2,(H,24,27)/t18-/m0/s1. The molecule has 0 unspecified atom stereocenters. The summed E-state index contributed by atoms with van der Waals surface area (Å²) in [5, 5.41) is 3.08. The lowest BCUT2D eigenvalue weighted by molar-refractivity contribution is -0.120. The fraction of sp³-hybridized carbons (Fsp3) is 0.476. The highest BCUT2D eigenvalue weighted by Gasteiger charge is 2.27. The molecular weight excluding hydrogens is 338 g/mol. The molecule has 1 atom stereocenters. The number of nitrogens with zero attached hydrogens (tertiary/aromatic N) is 4. The fourth-order valence-electron chi connectivity index (χ4n) is 3.96. The largest absolute Gasteiger partial charge is 0.340 e. The highest BCUT2D eigenvalue weighted by atomic mass is 16.1. The van der Waals surface area contributed by atoms with E-state index in [2.05, 4.69) is 37.2 Å². The molecule has 0 aliphatic carbocycles. The number of piperidine rings is 1. The molecule has 2 fully saturated rings. The Balaban J connectivity index is 1.32. The van der Waals surface area contributed by atoms with Crippen molar-refractivity contribution < 1.29 is 4.79 Å². The van der Waals surface area contributed by atoms with Crippen molar-refractivity contribution in [3.05, 3.63) is 48.3 Å². The number of nitrogens with one attached hydrogen (secondary N) is 1. The summed E-state index contributed by atoms with van der Waals surface area (Å²) in [6.07, 6.45) is 7.99. The molecule has 27 heavy (non-hydrogen) atoms. The van der Waals surface area contributed by atoms with Gasteiger partial charge in [-0.25, -0.2) is 9.97 Å². The molecule has 0 saturated carbocycles. The van der Waals surface area contributed by atoms with Crippen LogP contribution in [0.2, 0.25) is 0 Å². The molecule has 0 spiro atoms. The lowest BCUT2D eigenvalue weighted by Crippen LogP contribution is -2.41. The van der Waals surface area contributed by atoms with E-state index in [-0.39, 0.29) is 11.8 Å². The van der Waals surface area contributed by atoms with Gasteiger partial charge >= 0.3 is 0 Å². The van der Waals surface area contributed by atoms with Crippen molar-refractivity contribution in [3.63, 3.8) is 0 Å². The molecule has 1 N–H and O–H groups in total. The number of hydrogen-bond donors (Lipinski definition) is 1. The van der Waals surface area contributed by atoms with Gasteiger partial charge in [0.15, 0.2) is 0 Å². The first-order chi connectivity index (χ1) is 13.3. The summed E-state index contributed by atoms with van der Waals surface area (Å²) in [4.78, 5) is 25.9. The monoisotopic (exact) mass is 365 g/mol. The summed E-state index contributed by atoms with van der Waals surface area (Å²) < 4.78 is 0. The SMILES string of the molecule is O=C(Nc1ccc(CN2CCCC2)cc1)[C@H]1CCCN(c2ncccn2)C1. The summed E-state index contributed by atoms with van der Waals surface area (Å²) in [5.41, 5.74) is 2.18.